The molecule has 0 saturated heterocycles. The van der Waals surface area contributed by atoms with Crippen molar-refractivity contribution in [1.29, 1.82) is 0 Å². The predicted molar refractivity (Wildman–Crippen MR) is 104 cm³/mol. The van der Waals surface area contributed by atoms with Crippen molar-refractivity contribution >= 4 is 0 Å². The van der Waals surface area contributed by atoms with E-state index in [2.05, 4.69) is 20.8 Å². The van der Waals surface area contributed by atoms with Crippen LogP contribution in [0.25, 0.3) is 0 Å². The summed E-state index contributed by atoms with van der Waals surface area (Å²) < 4.78 is 0. The molecule has 0 nitrogen and oxygen atoms in total. The topological polar surface area (TPSA) is 0 Å². The van der Waals surface area contributed by atoms with Crippen LogP contribution in [0.1, 0.15) is 136 Å². The fourth-order valence-corrected chi connectivity index (χ4v) is 3.51. The quantitative estimate of drug-likeness (QED) is 0.222. The number of hydrogen-bond acceptors (Lipinski definition) is 0. The average Bonchev–Trinajstić information content (AvgIpc) is 2.54. The van der Waals surface area contributed by atoms with Crippen LogP contribution in [-0.4, -0.2) is 0 Å². The maximum Gasteiger partial charge on any atom is -0.0417 e. The van der Waals surface area contributed by atoms with Gasteiger partial charge in [0.05, 0.1) is 0 Å². The van der Waals surface area contributed by atoms with Crippen LogP contribution in [0.2, 0.25) is 0 Å². The van der Waals surface area contributed by atoms with E-state index in [4.69, 9.17) is 0 Å². The summed E-state index contributed by atoms with van der Waals surface area (Å²) in [5, 5.41) is 0. The van der Waals surface area contributed by atoms with Gasteiger partial charge in [-0.1, -0.05) is 136 Å². The monoisotopic (exact) mass is 310 g/mol. The zero-order chi connectivity index (χ0) is 16.3. The van der Waals surface area contributed by atoms with E-state index in [1.54, 1.807) is 0 Å². The molecule has 0 rings (SSSR count). The van der Waals surface area contributed by atoms with Crippen LogP contribution in [0.15, 0.2) is 0 Å². The van der Waals surface area contributed by atoms with Crippen LogP contribution in [-0.2, 0) is 0 Å². The summed E-state index contributed by atoms with van der Waals surface area (Å²) in [7, 11) is 0. The Kier molecular flexibility index (Phi) is 19.0. The first-order chi connectivity index (χ1) is 10.8. The third-order valence-corrected chi connectivity index (χ3v) is 5.26. The molecule has 1 unspecified atom stereocenters. The maximum absolute atomic E-state index is 2.39. The van der Waals surface area contributed by atoms with Crippen LogP contribution < -0.4 is 0 Å². The Morgan fingerprint density at radius 3 is 1.09 bits per heavy atom. The standard InChI is InChI=1S/C22H46/c1-4-7-9-11-12-13-14-15-16-17-19-21-22(6-3)20-18-10-8-5-2/h22H,4-21H2,1-3H3. The van der Waals surface area contributed by atoms with E-state index in [0.29, 0.717) is 0 Å². The highest BCUT2D eigenvalue weighted by atomic mass is 14.1. The summed E-state index contributed by atoms with van der Waals surface area (Å²) in [4.78, 5) is 0. The van der Waals surface area contributed by atoms with Gasteiger partial charge < -0.3 is 0 Å². The van der Waals surface area contributed by atoms with E-state index in [9.17, 15) is 0 Å². The Labute approximate surface area is 142 Å². The van der Waals surface area contributed by atoms with E-state index in [1.807, 2.05) is 0 Å². The van der Waals surface area contributed by atoms with Gasteiger partial charge in [-0.25, -0.2) is 0 Å². The molecule has 0 heteroatoms. The van der Waals surface area contributed by atoms with Gasteiger partial charge >= 0.3 is 0 Å². The van der Waals surface area contributed by atoms with E-state index in [-0.39, 0.29) is 0 Å². The van der Waals surface area contributed by atoms with E-state index in [1.165, 1.54) is 116 Å². The molecule has 0 spiro atoms. The molecule has 0 N–H and O–H groups in total. The van der Waals surface area contributed by atoms with Gasteiger partial charge in [-0.05, 0) is 5.92 Å². The highest BCUT2D eigenvalue weighted by molar-refractivity contribution is 4.59. The smallest absolute Gasteiger partial charge is 0.0417 e. The molecule has 0 bridgehead atoms. The predicted octanol–water partition coefficient (Wildman–Crippen LogP) is 8.68. The Bertz CT molecular complexity index is 184. The van der Waals surface area contributed by atoms with Gasteiger partial charge in [0.25, 0.3) is 0 Å². The van der Waals surface area contributed by atoms with Gasteiger partial charge in [0, 0.05) is 0 Å². The lowest BCUT2D eigenvalue weighted by Crippen LogP contribution is -1.99. The Morgan fingerprint density at radius 2 is 0.727 bits per heavy atom. The lowest BCUT2D eigenvalue weighted by atomic mass is 9.92. The van der Waals surface area contributed by atoms with Crippen LogP contribution in [0.4, 0.5) is 0 Å². The second-order valence-corrected chi connectivity index (χ2v) is 7.45. The first kappa shape index (κ1) is 22.0. The third-order valence-electron chi connectivity index (χ3n) is 5.26. The molecule has 0 amide bonds. The minimum Gasteiger partial charge on any atom is -0.0654 e. The van der Waals surface area contributed by atoms with Crippen molar-refractivity contribution in [3.05, 3.63) is 0 Å². The van der Waals surface area contributed by atoms with Crippen LogP contribution in [0.3, 0.4) is 0 Å². The molecule has 22 heavy (non-hydrogen) atoms. The second-order valence-electron chi connectivity index (χ2n) is 7.45. The summed E-state index contributed by atoms with van der Waals surface area (Å²) in [5.41, 5.74) is 0. The van der Waals surface area contributed by atoms with Crippen LogP contribution in [0.5, 0.6) is 0 Å². The molecular weight excluding hydrogens is 264 g/mol. The first-order valence-corrected chi connectivity index (χ1v) is 10.8. The summed E-state index contributed by atoms with van der Waals surface area (Å²) in [5.74, 6) is 1.02. The number of hydrogen-bond donors (Lipinski definition) is 0. The molecule has 0 aromatic carbocycles. The molecule has 0 heterocycles. The van der Waals surface area contributed by atoms with Crippen molar-refractivity contribution in [3.63, 3.8) is 0 Å². The van der Waals surface area contributed by atoms with Crippen LogP contribution in [0, 0.1) is 5.92 Å². The van der Waals surface area contributed by atoms with Crippen molar-refractivity contribution in [1.82, 2.24) is 0 Å². The zero-order valence-corrected chi connectivity index (χ0v) is 16.3. The maximum atomic E-state index is 2.39. The van der Waals surface area contributed by atoms with Crippen molar-refractivity contribution in [2.45, 2.75) is 136 Å². The number of rotatable bonds is 18. The SMILES string of the molecule is CCCCCCCCCCCCCC(CC)CCCCCC. The minimum absolute atomic E-state index is 1.02. The fraction of sp³-hybridized carbons (Fsp3) is 1.00. The molecule has 0 saturated carbocycles. The molecule has 0 aliphatic rings. The van der Waals surface area contributed by atoms with Gasteiger partial charge in [0.1, 0.15) is 0 Å². The van der Waals surface area contributed by atoms with Crippen molar-refractivity contribution in [2.75, 3.05) is 0 Å². The lowest BCUT2D eigenvalue weighted by molar-refractivity contribution is 0.393. The fourth-order valence-electron chi connectivity index (χ4n) is 3.51. The minimum atomic E-state index is 1.02. The lowest BCUT2D eigenvalue weighted by Gasteiger charge is -2.14. The van der Waals surface area contributed by atoms with E-state index in [0.717, 1.165) is 5.92 Å². The first-order valence-electron chi connectivity index (χ1n) is 10.8. The molecule has 0 aliphatic heterocycles. The molecular formula is C22H46. The van der Waals surface area contributed by atoms with Gasteiger partial charge in [-0.3, -0.25) is 0 Å². The average molecular weight is 311 g/mol. The molecule has 0 aromatic rings. The summed E-state index contributed by atoms with van der Waals surface area (Å²) in [6.45, 7) is 7.00. The van der Waals surface area contributed by atoms with Gasteiger partial charge in [0.15, 0.2) is 0 Å². The highest BCUT2D eigenvalue weighted by Gasteiger charge is 2.05. The van der Waals surface area contributed by atoms with Crippen molar-refractivity contribution < 1.29 is 0 Å². The summed E-state index contributed by atoms with van der Waals surface area (Å²) >= 11 is 0. The molecule has 0 fully saturated rings. The molecule has 0 aromatic heterocycles. The normalized spacial score (nSPS) is 12.7. The highest BCUT2D eigenvalue weighted by Crippen LogP contribution is 2.21. The molecule has 0 radical (unpaired) electrons. The van der Waals surface area contributed by atoms with Crippen LogP contribution >= 0.6 is 0 Å². The Hall–Kier alpha value is 0. The van der Waals surface area contributed by atoms with E-state index >= 15 is 0 Å². The number of unbranched alkanes of at least 4 members (excludes halogenated alkanes) is 13. The van der Waals surface area contributed by atoms with E-state index < -0.39 is 0 Å². The molecule has 1 atom stereocenters. The van der Waals surface area contributed by atoms with Gasteiger partial charge in [-0.2, -0.15) is 0 Å². The van der Waals surface area contributed by atoms with Gasteiger partial charge in [-0.15, -0.1) is 0 Å². The van der Waals surface area contributed by atoms with Gasteiger partial charge in [0.2, 0.25) is 0 Å². The zero-order valence-electron chi connectivity index (χ0n) is 16.3. The Morgan fingerprint density at radius 1 is 0.409 bits per heavy atom. The Balaban J connectivity index is 3.22. The third kappa shape index (κ3) is 16.4. The molecule has 134 valence electrons. The van der Waals surface area contributed by atoms with Crippen molar-refractivity contribution in [3.8, 4) is 0 Å². The summed E-state index contributed by atoms with van der Waals surface area (Å²) in [6.07, 6.45) is 26.3. The largest absolute Gasteiger partial charge is 0.0654 e. The summed E-state index contributed by atoms with van der Waals surface area (Å²) in [6, 6.07) is 0. The molecule has 0 aliphatic carbocycles. The van der Waals surface area contributed by atoms with Crippen molar-refractivity contribution in [2.24, 2.45) is 5.92 Å². The second kappa shape index (κ2) is 19.0.